The zero-order valence-corrected chi connectivity index (χ0v) is 11.9. The molecule has 4 atom stereocenters. The fourth-order valence-electron chi connectivity index (χ4n) is 4.12. The maximum absolute atomic E-state index is 10.8. The van der Waals surface area contributed by atoms with Gasteiger partial charge in [-0.1, -0.05) is 18.6 Å². The van der Waals surface area contributed by atoms with Crippen molar-refractivity contribution in [3.63, 3.8) is 0 Å². The lowest BCUT2D eigenvalue weighted by Gasteiger charge is -2.35. The maximum atomic E-state index is 10.8. The Balaban J connectivity index is 1.84. The molecule has 0 aromatic heterocycles. The third kappa shape index (κ3) is 1.99. The molecule has 2 bridgehead atoms. The van der Waals surface area contributed by atoms with Crippen LogP contribution in [0, 0.1) is 28.6 Å². The molecule has 1 aromatic carbocycles. The Morgan fingerprint density at radius 3 is 2.65 bits per heavy atom. The summed E-state index contributed by atoms with van der Waals surface area (Å²) in [6.45, 7) is 2.58. The molecule has 0 amide bonds. The van der Waals surface area contributed by atoms with Crippen molar-refractivity contribution in [3.05, 3.63) is 29.8 Å². The van der Waals surface area contributed by atoms with Crippen molar-refractivity contribution < 1.29 is 9.84 Å². The average Bonchev–Trinajstić information content (AvgIpc) is 3.09. The number of benzene rings is 1. The summed E-state index contributed by atoms with van der Waals surface area (Å²) in [6.07, 6.45) is 3.60. The van der Waals surface area contributed by atoms with Crippen molar-refractivity contribution in [2.24, 2.45) is 17.3 Å². The minimum Gasteiger partial charge on any atom is -0.494 e. The third-order valence-corrected chi connectivity index (χ3v) is 5.10. The predicted octanol–water partition coefficient (Wildman–Crippen LogP) is 3.45. The minimum atomic E-state index is -0.682. The Kier molecular flexibility index (Phi) is 3.43. The summed E-state index contributed by atoms with van der Waals surface area (Å²) in [7, 11) is 0. The lowest BCUT2D eigenvalue weighted by Crippen LogP contribution is -2.33. The van der Waals surface area contributed by atoms with Crippen LogP contribution >= 0.6 is 0 Å². The standard InChI is InChI=1S/C17H21NO2/c1-2-20-15-7-4-13(5-8-15)16(19)17(11-18)10-12-3-6-14(17)9-12/h4-5,7-8,12,14,16,19H,2-3,6,9-10H2,1H3. The van der Waals surface area contributed by atoms with Crippen LogP contribution in [0.25, 0.3) is 0 Å². The first kappa shape index (κ1) is 13.5. The highest BCUT2D eigenvalue weighted by Gasteiger charge is 2.55. The second-order valence-electron chi connectivity index (χ2n) is 6.14. The summed E-state index contributed by atoms with van der Waals surface area (Å²) in [5.41, 5.74) is 0.262. The van der Waals surface area contributed by atoms with Gasteiger partial charge in [0.15, 0.2) is 0 Å². The molecule has 0 spiro atoms. The van der Waals surface area contributed by atoms with Crippen molar-refractivity contribution in [2.45, 2.75) is 38.7 Å². The van der Waals surface area contributed by atoms with Gasteiger partial charge in [-0.3, -0.25) is 0 Å². The van der Waals surface area contributed by atoms with E-state index in [1.807, 2.05) is 31.2 Å². The molecular weight excluding hydrogens is 250 g/mol. The van der Waals surface area contributed by atoms with E-state index in [2.05, 4.69) is 6.07 Å². The Morgan fingerprint density at radius 1 is 1.40 bits per heavy atom. The van der Waals surface area contributed by atoms with Gasteiger partial charge < -0.3 is 9.84 Å². The largest absolute Gasteiger partial charge is 0.494 e. The van der Waals surface area contributed by atoms with Crippen LogP contribution in [0.4, 0.5) is 0 Å². The van der Waals surface area contributed by atoms with E-state index in [1.165, 1.54) is 6.42 Å². The molecule has 0 heterocycles. The van der Waals surface area contributed by atoms with Gasteiger partial charge >= 0.3 is 0 Å². The van der Waals surface area contributed by atoms with E-state index in [9.17, 15) is 10.4 Å². The topological polar surface area (TPSA) is 53.2 Å². The molecule has 20 heavy (non-hydrogen) atoms. The smallest absolute Gasteiger partial charge is 0.119 e. The van der Waals surface area contributed by atoms with E-state index in [4.69, 9.17) is 4.74 Å². The van der Waals surface area contributed by atoms with Crippen molar-refractivity contribution >= 4 is 0 Å². The number of hydrogen-bond donors (Lipinski definition) is 1. The molecule has 4 unspecified atom stereocenters. The number of fused-ring (bicyclic) bond motifs is 2. The summed E-state index contributed by atoms with van der Waals surface area (Å²) < 4.78 is 5.42. The Morgan fingerprint density at radius 2 is 2.15 bits per heavy atom. The normalized spacial score (nSPS) is 32.9. The minimum absolute atomic E-state index is 0.360. The molecule has 0 aliphatic heterocycles. The maximum Gasteiger partial charge on any atom is 0.119 e. The molecule has 2 aliphatic carbocycles. The molecule has 2 fully saturated rings. The van der Waals surface area contributed by atoms with E-state index in [-0.39, 0.29) is 0 Å². The molecule has 1 N–H and O–H groups in total. The van der Waals surface area contributed by atoms with Crippen LogP contribution in [0.15, 0.2) is 24.3 Å². The van der Waals surface area contributed by atoms with Gasteiger partial charge in [-0.15, -0.1) is 0 Å². The number of hydrogen-bond acceptors (Lipinski definition) is 3. The second kappa shape index (κ2) is 5.10. The number of aliphatic hydroxyl groups is 1. The Hall–Kier alpha value is -1.53. The van der Waals surface area contributed by atoms with Gasteiger partial charge in [-0.05, 0) is 55.7 Å². The first-order valence-corrected chi connectivity index (χ1v) is 7.51. The van der Waals surface area contributed by atoms with Crippen molar-refractivity contribution in [3.8, 4) is 11.8 Å². The van der Waals surface area contributed by atoms with Crippen LogP contribution in [0.2, 0.25) is 0 Å². The van der Waals surface area contributed by atoms with Crippen LogP contribution in [0.5, 0.6) is 5.75 Å². The van der Waals surface area contributed by atoms with E-state index >= 15 is 0 Å². The van der Waals surface area contributed by atoms with E-state index < -0.39 is 11.5 Å². The van der Waals surface area contributed by atoms with E-state index in [0.717, 1.165) is 30.6 Å². The highest BCUT2D eigenvalue weighted by atomic mass is 16.5. The van der Waals surface area contributed by atoms with Crippen LogP contribution in [-0.2, 0) is 0 Å². The lowest BCUT2D eigenvalue weighted by molar-refractivity contribution is 0.0233. The molecule has 2 aliphatic rings. The summed E-state index contributed by atoms with van der Waals surface area (Å²) in [6, 6.07) is 10.00. The van der Waals surface area contributed by atoms with Crippen molar-refractivity contribution in [1.29, 1.82) is 5.26 Å². The highest BCUT2D eigenvalue weighted by Crippen LogP contribution is 2.60. The molecule has 106 valence electrons. The molecule has 3 nitrogen and oxygen atoms in total. The molecule has 2 saturated carbocycles. The molecular formula is C17H21NO2. The van der Waals surface area contributed by atoms with Gasteiger partial charge in [-0.25, -0.2) is 0 Å². The van der Waals surface area contributed by atoms with Gasteiger partial charge in [0.2, 0.25) is 0 Å². The number of nitriles is 1. The highest BCUT2D eigenvalue weighted by molar-refractivity contribution is 5.32. The van der Waals surface area contributed by atoms with Crippen LogP contribution in [0.3, 0.4) is 0 Å². The van der Waals surface area contributed by atoms with Crippen LogP contribution < -0.4 is 4.74 Å². The number of nitrogens with zero attached hydrogens (tertiary/aromatic N) is 1. The SMILES string of the molecule is CCOc1ccc(C(O)C2(C#N)CC3CCC2C3)cc1. The second-order valence-corrected chi connectivity index (χ2v) is 6.14. The first-order chi connectivity index (χ1) is 9.69. The fraction of sp³-hybridized carbons (Fsp3) is 0.588. The number of aliphatic hydroxyl groups excluding tert-OH is 1. The van der Waals surface area contributed by atoms with Gasteiger partial charge in [0.1, 0.15) is 5.75 Å². The zero-order valence-electron chi connectivity index (χ0n) is 11.9. The van der Waals surface area contributed by atoms with E-state index in [1.54, 1.807) is 0 Å². The van der Waals surface area contributed by atoms with Gasteiger partial charge in [0, 0.05) is 0 Å². The molecule has 0 radical (unpaired) electrons. The third-order valence-electron chi connectivity index (χ3n) is 5.10. The summed E-state index contributed by atoms with van der Waals surface area (Å²) in [4.78, 5) is 0. The monoisotopic (exact) mass is 271 g/mol. The van der Waals surface area contributed by atoms with Crippen molar-refractivity contribution in [2.75, 3.05) is 6.61 Å². The quantitative estimate of drug-likeness (QED) is 0.912. The summed E-state index contributed by atoms with van der Waals surface area (Å²) in [5, 5.41) is 20.4. The Labute approximate surface area is 120 Å². The van der Waals surface area contributed by atoms with Crippen LogP contribution in [-0.4, -0.2) is 11.7 Å². The first-order valence-electron chi connectivity index (χ1n) is 7.51. The van der Waals surface area contributed by atoms with E-state index in [0.29, 0.717) is 18.4 Å². The lowest BCUT2D eigenvalue weighted by atomic mass is 9.68. The number of ether oxygens (including phenoxy) is 1. The molecule has 3 rings (SSSR count). The molecule has 1 aromatic rings. The average molecular weight is 271 g/mol. The molecule has 3 heteroatoms. The summed E-state index contributed by atoms with van der Waals surface area (Å²) in [5.74, 6) is 1.80. The van der Waals surface area contributed by atoms with Gasteiger partial charge in [-0.2, -0.15) is 5.26 Å². The number of rotatable bonds is 4. The Bertz CT molecular complexity index is 519. The van der Waals surface area contributed by atoms with Gasteiger partial charge in [0.05, 0.1) is 24.2 Å². The van der Waals surface area contributed by atoms with Crippen molar-refractivity contribution in [1.82, 2.24) is 0 Å². The summed E-state index contributed by atoms with van der Waals surface area (Å²) >= 11 is 0. The zero-order chi connectivity index (χ0) is 14.2. The molecule has 0 saturated heterocycles. The predicted molar refractivity (Wildman–Crippen MR) is 76.1 cm³/mol. The van der Waals surface area contributed by atoms with Gasteiger partial charge in [0.25, 0.3) is 0 Å². The fourth-order valence-corrected chi connectivity index (χ4v) is 4.12. The van der Waals surface area contributed by atoms with Crippen LogP contribution in [0.1, 0.15) is 44.3 Å².